The highest BCUT2D eigenvalue weighted by atomic mass is 16.2. The lowest BCUT2D eigenvalue weighted by Crippen LogP contribution is -2.39. The number of hydrogen-bond acceptors (Lipinski definition) is 5. The molecule has 3 amide bonds. The number of benzene rings is 1. The Morgan fingerprint density at radius 2 is 1.97 bits per heavy atom. The molecule has 0 bridgehead atoms. The maximum absolute atomic E-state index is 13.5. The first-order chi connectivity index (χ1) is 15.8. The molecule has 1 atom stereocenters. The monoisotopic (exact) mass is 449 g/mol. The molecule has 0 N–H and O–H groups in total. The predicted molar refractivity (Wildman–Crippen MR) is 124 cm³/mol. The normalized spacial score (nSPS) is 18.5. The Hall–Kier alpha value is -3.29. The van der Waals surface area contributed by atoms with E-state index in [1.165, 1.54) is 4.90 Å². The van der Waals surface area contributed by atoms with Crippen molar-refractivity contribution < 1.29 is 14.4 Å². The van der Waals surface area contributed by atoms with Gasteiger partial charge in [0.05, 0.1) is 17.3 Å². The highest BCUT2D eigenvalue weighted by Gasteiger charge is 2.31. The second-order valence-electron chi connectivity index (χ2n) is 9.06. The molecule has 2 aromatic rings. The third-order valence-corrected chi connectivity index (χ3v) is 6.42. The van der Waals surface area contributed by atoms with Crippen molar-refractivity contribution in [2.45, 2.75) is 51.6 Å². The SMILES string of the molecule is Cc1nc(C2CCCCN2C(=O)c2cccc(CN3CCCC3=O)c2)ncc1C(=O)N(C)C. The van der Waals surface area contributed by atoms with Crippen LogP contribution in [-0.4, -0.2) is 69.6 Å². The van der Waals surface area contributed by atoms with Gasteiger partial charge < -0.3 is 14.7 Å². The summed E-state index contributed by atoms with van der Waals surface area (Å²) in [6.07, 6.45) is 5.78. The van der Waals surface area contributed by atoms with Gasteiger partial charge in [0.2, 0.25) is 5.91 Å². The van der Waals surface area contributed by atoms with Gasteiger partial charge in [0.25, 0.3) is 11.8 Å². The van der Waals surface area contributed by atoms with Gasteiger partial charge in [0.1, 0.15) is 0 Å². The van der Waals surface area contributed by atoms with E-state index in [0.717, 1.165) is 37.8 Å². The van der Waals surface area contributed by atoms with Gasteiger partial charge in [-0.3, -0.25) is 14.4 Å². The number of nitrogens with zero attached hydrogens (tertiary/aromatic N) is 5. The standard InChI is InChI=1S/C25H31N5O3/c1-17-20(25(33)28(2)3)15-26-23(27-17)21-10-4-5-13-30(21)24(32)19-9-6-8-18(14-19)16-29-12-7-11-22(29)31/h6,8-9,14-15,21H,4-5,7,10-13,16H2,1-3H3. The summed E-state index contributed by atoms with van der Waals surface area (Å²) in [7, 11) is 3.40. The van der Waals surface area contributed by atoms with E-state index in [4.69, 9.17) is 0 Å². The molecule has 33 heavy (non-hydrogen) atoms. The number of piperidine rings is 1. The van der Waals surface area contributed by atoms with E-state index < -0.39 is 0 Å². The number of hydrogen-bond donors (Lipinski definition) is 0. The van der Waals surface area contributed by atoms with E-state index in [2.05, 4.69) is 9.97 Å². The highest BCUT2D eigenvalue weighted by molar-refractivity contribution is 5.95. The molecule has 1 aromatic carbocycles. The molecule has 174 valence electrons. The van der Waals surface area contributed by atoms with Crippen LogP contribution < -0.4 is 0 Å². The Balaban J connectivity index is 1.56. The zero-order chi connectivity index (χ0) is 23.5. The quantitative estimate of drug-likeness (QED) is 0.700. The van der Waals surface area contributed by atoms with E-state index in [9.17, 15) is 14.4 Å². The molecule has 0 saturated carbocycles. The fourth-order valence-electron chi connectivity index (χ4n) is 4.60. The Labute approximate surface area is 194 Å². The third kappa shape index (κ3) is 4.89. The largest absolute Gasteiger partial charge is 0.345 e. The smallest absolute Gasteiger partial charge is 0.256 e. The van der Waals surface area contributed by atoms with E-state index in [0.29, 0.717) is 42.2 Å². The third-order valence-electron chi connectivity index (χ3n) is 6.42. The van der Waals surface area contributed by atoms with Gasteiger partial charge in [0.15, 0.2) is 5.82 Å². The summed E-state index contributed by atoms with van der Waals surface area (Å²) in [5.74, 6) is 0.564. The van der Waals surface area contributed by atoms with Gasteiger partial charge >= 0.3 is 0 Å². The van der Waals surface area contributed by atoms with Crippen molar-refractivity contribution in [3.63, 3.8) is 0 Å². The molecule has 3 heterocycles. The molecule has 2 aliphatic heterocycles. The van der Waals surface area contributed by atoms with Crippen molar-refractivity contribution in [1.29, 1.82) is 0 Å². The first-order valence-corrected chi connectivity index (χ1v) is 11.6. The van der Waals surface area contributed by atoms with Crippen molar-refractivity contribution in [2.75, 3.05) is 27.2 Å². The van der Waals surface area contributed by atoms with Crippen LogP contribution in [0, 0.1) is 6.92 Å². The molecule has 0 aliphatic carbocycles. The van der Waals surface area contributed by atoms with Gasteiger partial charge in [-0.15, -0.1) is 0 Å². The second-order valence-corrected chi connectivity index (χ2v) is 9.06. The fourth-order valence-corrected chi connectivity index (χ4v) is 4.60. The molecule has 2 fully saturated rings. The van der Waals surface area contributed by atoms with Crippen LogP contribution in [0.5, 0.6) is 0 Å². The van der Waals surface area contributed by atoms with Crippen LogP contribution >= 0.6 is 0 Å². The number of aryl methyl sites for hydroxylation is 1. The molecule has 8 heteroatoms. The van der Waals surface area contributed by atoms with Crippen LogP contribution in [0.2, 0.25) is 0 Å². The summed E-state index contributed by atoms with van der Waals surface area (Å²) in [5.41, 5.74) is 2.67. The minimum absolute atomic E-state index is 0.0519. The fraction of sp³-hybridized carbons (Fsp3) is 0.480. The lowest BCUT2D eigenvalue weighted by Gasteiger charge is -2.35. The van der Waals surface area contributed by atoms with Crippen molar-refractivity contribution in [3.8, 4) is 0 Å². The van der Waals surface area contributed by atoms with Crippen LogP contribution in [0.25, 0.3) is 0 Å². The van der Waals surface area contributed by atoms with Gasteiger partial charge in [0, 0.05) is 51.9 Å². The number of carbonyl (C=O) groups excluding carboxylic acids is 3. The molecule has 1 unspecified atom stereocenters. The Kier molecular flexibility index (Phi) is 6.72. The van der Waals surface area contributed by atoms with Crippen LogP contribution in [-0.2, 0) is 11.3 Å². The molecule has 0 radical (unpaired) electrons. The van der Waals surface area contributed by atoms with Crippen molar-refractivity contribution in [1.82, 2.24) is 24.7 Å². The van der Waals surface area contributed by atoms with Crippen LogP contribution in [0.4, 0.5) is 0 Å². The maximum atomic E-state index is 13.5. The van der Waals surface area contributed by atoms with E-state index in [-0.39, 0.29) is 23.8 Å². The van der Waals surface area contributed by atoms with Crippen molar-refractivity contribution in [3.05, 3.63) is 58.7 Å². The Morgan fingerprint density at radius 3 is 2.67 bits per heavy atom. The van der Waals surface area contributed by atoms with Gasteiger partial charge in [-0.05, 0) is 50.3 Å². The highest BCUT2D eigenvalue weighted by Crippen LogP contribution is 2.31. The summed E-state index contributed by atoms with van der Waals surface area (Å²) < 4.78 is 0. The molecular formula is C25H31N5O3. The summed E-state index contributed by atoms with van der Waals surface area (Å²) in [6, 6.07) is 7.34. The predicted octanol–water partition coefficient (Wildman–Crippen LogP) is 2.98. The number of carbonyl (C=O) groups is 3. The number of likely N-dealkylation sites (tertiary alicyclic amines) is 2. The number of rotatable bonds is 5. The van der Waals surface area contributed by atoms with Crippen LogP contribution in [0.3, 0.4) is 0 Å². The molecule has 2 saturated heterocycles. The Bertz CT molecular complexity index is 1070. The van der Waals surface area contributed by atoms with Crippen molar-refractivity contribution >= 4 is 17.7 Å². The minimum Gasteiger partial charge on any atom is -0.345 e. The Morgan fingerprint density at radius 1 is 1.15 bits per heavy atom. The van der Waals surface area contributed by atoms with E-state index in [1.54, 1.807) is 27.2 Å². The zero-order valence-electron chi connectivity index (χ0n) is 19.6. The van der Waals surface area contributed by atoms with Crippen LogP contribution in [0.1, 0.15) is 75.9 Å². The lowest BCUT2D eigenvalue weighted by molar-refractivity contribution is -0.128. The summed E-state index contributed by atoms with van der Waals surface area (Å²) in [4.78, 5) is 52.2. The van der Waals surface area contributed by atoms with Gasteiger partial charge in [-0.25, -0.2) is 9.97 Å². The van der Waals surface area contributed by atoms with Crippen molar-refractivity contribution in [2.24, 2.45) is 0 Å². The first-order valence-electron chi connectivity index (χ1n) is 11.6. The molecule has 1 aromatic heterocycles. The van der Waals surface area contributed by atoms with E-state index in [1.807, 2.05) is 34.1 Å². The number of aromatic nitrogens is 2. The van der Waals surface area contributed by atoms with E-state index >= 15 is 0 Å². The topological polar surface area (TPSA) is 86.7 Å². The number of amides is 3. The van der Waals surface area contributed by atoms with Gasteiger partial charge in [-0.2, -0.15) is 0 Å². The molecule has 8 nitrogen and oxygen atoms in total. The maximum Gasteiger partial charge on any atom is 0.256 e. The molecule has 4 rings (SSSR count). The van der Waals surface area contributed by atoms with Gasteiger partial charge in [-0.1, -0.05) is 12.1 Å². The average molecular weight is 450 g/mol. The molecule has 0 spiro atoms. The lowest BCUT2D eigenvalue weighted by atomic mass is 9.99. The van der Waals surface area contributed by atoms with Crippen LogP contribution in [0.15, 0.2) is 30.5 Å². The summed E-state index contributed by atoms with van der Waals surface area (Å²) in [6.45, 7) is 3.75. The minimum atomic E-state index is -0.225. The average Bonchev–Trinajstić information content (AvgIpc) is 3.22. The summed E-state index contributed by atoms with van der Waals surface area (Å²) >= 11 is 0. The zero-order valence-corrected chi connectivity index (χ0v) is 19.6. The second kappa shape index (κ2) is 9.68. The summed E-state index contributed by atoms with van der Waals surface area (Å²) in [5, 5.41) is 0. The molecule has 2 aliphatic rings. The first kappa shape index (κ1) is 22.9. The molecular weight excluding hydrogens is 418 g/mol.